The molecule has 6 heteroatoms. The van der Waals surface area contributed by atoms with E-state index in [1.165, 1.54) is 18.9 Å². The maximum absolute atomic E-state index is 13.1. The van der Waals surface area contributed by atoms with Crippen molar-refractivity contribution in [2.45, 2.75) is 24.3 Å². The van der Waals surface area contributed by atoms with E-state index in [-0.39, 0.29) is 11.5 Å². The first kappa shape index (κ1) is 17.2. The van der Waals surface area contributed by atoms with Gasteiger partial charge in [0.2, 0.25) is 0 Å². The van der Waals surface area contributed by atoms with Gasteiger partial charge >= 0.3 is 5.97 Å². The topological polar surface area (TPSA) is 61.2 Å². The molecule has 0 aliphatic carbocycles. The molecule has 0 amide bonds. The first-order chi connectivity index (χ1) is 12.0. The molecule has 1 aromatic heterocycles. The fraction of sp³-hybridized carbons (Fsp3) is 0.211. The van der Waals surface area contributed by atoms with Gasteiger partial charge in [-0.05, 0) is 37.6 Å². The molecule has 0 radical (unpaired) electrons. The van der Waals surface area contributed by atoms with Crippen LogP contribution < -0.4 is 5.56 Å². The third kappa shape index (κ3) is 3.30. The van der Waals surface area contributed by atoms with E-state index in [9.17, 15) is 9.59 Å². The van der Waals surface area contributed by atoms with Crippen LogP contribution in [0.2, 0.25) is 0 Å². The molecule has 0 spiro atoms. The van der Waals surface area contributed by atoms with Crippen molar-refractivity contribution < 1.29 is 9.53 Å². The predicted molar refractivity (Wildman–Crippen MR) is 99.4 cm³/mol. The standard InChI is InChI=1S/C19H18N2O3S/c1-12-8-4-7-11-16(12)21-17(22)14-9-5-6-10-15(14)20-19(21)25-13(2)18(23)24-3/h4-11,13H,1-3H3/t13-/m0/s1. The van der Waals surface area contributed by atoms with E-state index < -0.39 is 5.25 Å². The molecule has 0 N–H and O–H groups in total. The molecule has 0 saturated carbocycles. The number of aryl methyl sites for hydroxylation is 1. The molecule has 0 saturated heterocycles. The third-order valence-electron chi connectivity index (χ3n) is 3.92. The average Bonchev–Trinajstić information content (AvgIpc) is 2.62. The van der Waals surface area contributed by atoms with Crippen molar-refractivity contribution in [2.75, 3.05) is 7.11 Å². The van der Waals surface area contributed by atoms with Crippen LogP contribution >= 0.6 is 11.8 Å². The van der Waals surface area contributed by atoms with E-state index in [2.05, 4.69) is 4.98 Å². The van der Waals surface area contributed by atoms with Crippen LogP contribution in [0.15, 0.2) is 58.5 Å². The number of carbonyl (C=O) groups excluding carboxylic acids is 1. The molecular weight excluding hydrogens is 336 g/mol. The Morgan fingerprint density at radius 3 is 2.56 bits per heavy atom. The Bertz CT molecular complexity index is 997. The van der Waals surface area contributed by atoms with Crippen molar-refractivity contribution >= 4 is 28.6 Å². The minimum absolute atomic E-state index is 0.153. The Labute approximate surface area is 149 Å². The lowest BCUT2D eigenvalue weighted by Gasteiger charge is -2.16. The summed E-state index contributed by atoms with van der Waals surface area (Å²) in [4.78, 5) is 29.6. The molecule has 3 aromatic rings. The fourth-order valence-electron chi connectivity index (χ4n) is 2.59. The minimum atomic E-state index is -0.478. The van der Waals surface area contributed by atoms with Gasteiger partial charge in [-0.3, -0.25) is 14.2 Å². The number of carbonyl (C=O) groups is 1. The number of methoxy groups -OCH3 is 1. The highest BCUT2D eigenvalue weighted by Crippen LogP contribution is 2.26. The van der Waals surface area contributed by atoms with Gasteiger partial charge in [0, 0.05) is 0 Å². The molecule has 2 aromatic carbocycles. The predicted octanol–water partition coefficient (Wildman–Crippen LogP) is 3.35. The van der Waals surface area contributed by atoms with Gasteiger partial charge in [-0.15, -0.1) is 0 Å². The fourth-order valence-corrected chi connectivity index (χ4v) is 3.54. The number of para-hydroxylation sites is 2. The molecule has 0 aliphatic rings. The lowest BCUT2D eigenvalue weighted by atomic mass is 10.2. The number of fused-ring (bicyclic) bond motifs is 1. The first-order valence-corrected chi connectivity index (χ1v) is 8.73. The zero-order chi connectivity index (χ0) is 18.0. The number of aromatic nitrogens is 2. The molecule has 0 aliphatic heterocycles. The molecule has 128 valence electrons. The molecule has 1 atom stereocenters. The normalized spacial score (nSPS) is 12.1. The summed E-state index contributed by atoms with van der Waals surface area (Å²) in [6.45, 7) is 3.68. The van der Waals surface area contributed by atoms with Gasteiger partial charge < -0.3 is 4.74 Å². The average molecular weight is 354 g/mol. The van der Waals surface area contributed by atoms with Crippen molar-refractivity contribution in [3.63, 3.8) is 0 Å². The lowest BCUT2D eigenvalue weighted by molar-refractivity contribution is -0.139. The highest BCUT2D eigenvalue weighted by atomic mass is 32.2. The Morgan fingerprint density at radius 2 is 1.84 bits per heavy atom. The monoisotopic (exact) mass is 354 g/mol. The van der Waals surface area contributed by atoms with Gasteiger partial charge in [0.25, 0.3) is 5.56 Å². The number of rotatable bonds is 4. The largest absolute Gasteiger partial charge is 0.468 e. The van der Waals surface area contributed by atoms with Crippen molar-refractivity contribution in [3.05, 3.63) is 64.4 Å². The number of benzene rings is 2. The smallest absolute Gasteiger partial charge is 0.318 e. The van der Waals surface area contributed by atoms with Crippen molar-refractivity contribution in [1.29, 1.82) is 0 Å². The molecule has 0 bridgehead atoms. The van der Waals surface area contributed by atoms with Crippen LogP contribution in [0.1, 0.15) is 12.5 Å². The number of esters is 1. The molecule has 3 rings (SSSR count). The summed E-state index contributed by atoms with van der Waals surface area (Å²) >= 11 is 1.21. The van der Waals surface area contributed by atoms with Crippen LogP contribution in [0.25, 0.3) is 16.6 Å². The third-order valence-corrected chi connectivity index (χ3v) is 4.95. The summed E-state index contributed by atoms with van der Waals surface area (Å²) in [5, 5.41) is 0.532. The second-order valence-electron chi connectivity index (χ2n) is 5.62. The summed E-state index contributed by atoms with van der Waals surface area (Å²) in [6, 6.07) is 14.8. The van der Waals surface area contributed by atoms with E-state index >= 15 is 0 Å². The Balaban J connectivity index is 2.27. The molecule has 0 unspecified atom stereocenters. The maximum atomic E-state index is 13.1. The van der Waals surface area contributed by atoms with Crippen molar-refractivity contribution in [3.8, 4) is 5.69 Å². The van der Waals surface area contributed by atoms with Crippen molar-refractivity contribution in [1.82, 2.24) is 9.55 Å². The van der Waals surface area contributed by atoms with Crippen LogP contribution in [0.4, 0.5) is 0 Å². The second kappa shape index (κ2) is 7.11. The molecule has 5 nitrogen and oxygen atoms in total. The molecule has 25 heavy (non-hydrogen) atoms. The van der Waals surface area contributed by atoms with E-state index in [0.29, 0.717) is 16.1 Å². The van der Waals surface area contributed by atoms with E-state index in [0.717, 1.165) is 11.3 Å². The van der Waals surface area contributed by atoms with Crippen LogP contribution in [0, 0.1) is 6.92 Å². The number of hydrogen-bond acceptors (Lipinski definition) is 5. The summed E-state index contributed by atoms with van der Waals surface area (Å²) in [5.41, 5.74) is 2.16. The van der Waals surface area contributed by atoms with Crippen LogP contribution in [0.3, 0.4) is 0 Å². The zero-order valence-corrected chi connectivity index (χ0v) is 15.0. The van der Waals surface area contributed by atoms with Crippen LogP contribution in [-0.4, -0.2) is 27.9 Å². The number of thioether (sulfide) groups is 1. The van der Waals surface area contributed by atoms with E-state index in [4.69, 9.17) is 4.74 Å². The van der Waals surface area contributed by atoms with Gasteiger partial charge in [0.1, 0.15) is 5.25 Å². The summed E-state index contributed by atoms with van der Waals surface area (Å²) in [6.07, 6.45) is 0. The minimum Gasteiger partial charge on any atom is -0.468 e. The quantitative estimate of drug-likeness (QED) is 0.408. The molecule has 0 fully saturated rings. The highest BCUT2D eigenvalue weighted by molar-refractivity contribution is 8.00. The Morgan fingerprint density at radius 1 is 1.16 bits per heavy atom. The molecule has 1 heterocycles. The summed E-state index contributed by atoms with van der Waals surface area (Å²) < 4.78 is 6.37. The molecular formula is C19H18N2O3S. The Hall–Kier alpha value is -2.60. The zero-order valence-electron chi connectivity index (χ0n) is 14.2. The second-order valence-corrected chi connectivity index (χ2v) is 6.93. The first-order valence-electron chi connectivity index (χ1n) is 7.85. The van der Waals surface area contributed by atoms with E-state index in [1.54, 1.807) is 23.6 Å². The summed E-state index contributed by atoms with van der Waals surface area (Å²) in [7, 11) is 1.35. The lowest BCUT2D eigenvalue weighted by Crippen LogP contribution is -2.24. The van der Waals surface area contributed by atoms with Gasteiger partial charge in [0.15, 0.2) is 5.16 Å². The van der Waals surface area contributed by atoms with Gasteiger partial charge in [0.05, 0.1) is 23.7 Å². The Kier molecular flexibility index (Phi) is 4.90. The number of nitrogens with zero attached hydrogens (tertiary/aromatic N) is 2. The van der Waals surface area contributed by atoms with Crippen molar-refractivity contribution in [2.24, 2.45) is 0 Å². The SMILES string of the molecule is COC(=O)[C@H](C)Sc1nc2ccccc2c(=O)n1-c1ccccc1C. The summed E-state index contributed by atoms with van der Waals surface area (Å²) in [5.74, 6) is -0.358. The van der Waals surface area contributed by atoms with Gasteiger partial charge in [-0.1, -0.05) is 42.1 Å². The number of hydrogen-bond donors (Lipinski definition) is 0. The number of ether oxygens (including phenoxy) is 1. The maximum Gasteiger partial charge on any atom is 0.318 e. The van der Waals surface area contributed by atoms with E-state index in [1.807, 2.05) is 43.3 Å². The highest BCUT2D eigenvalue weighted by Gasteiger charge is 2.21. The van der Waals surface area contributed by atoms with Crippen LogP contribution in [0.5, 0.6) is 0 Å². The van der Waals surface area contributed by atoms with Gasteiger partial charge in [-0.2, -0.15) is 0 Å². The van der Waals surface area contributed by atoms with Crippen LogP contribution in [-0.2, 0) is 9.53 Å². The van der Waals surface area contributed by atoms with Gasteiger partial charge in [-0.25, -0.2) is 4.98 Å².